The Hall–Kier alpha value is -0.420. The van der Waals surface area contributed by atoms with Crippen LogP contribution in [-0.4, -0.2) is 37.9 Å². The van der Waals surface area contributed by atoms with E-state index in [0.29, 0.717) is 6.42 Å². The molecule has 76 valence electrons. The molecule has 0 aromatic heterocycles. The van der Waals surface area contributed by atoms with Crippen molar-refractivity contribution in [1.82, 2.24) is 0 Å². The molecule has 1 rings (SSSR count). The summed E-state index contributed by atoms with van der Waals surface area (Å²) < 4.78 is 21.8. The number of rotatable bonds is 4. The molecular formula is C8H14O4S. The smallest absolute Gasteiger partial charge is 0.152 e. The molecule has 0 radical (unpaired) electrons. The van der Waals surface area contributed by atoms with Gasteiger partial charge in [-0.05, 0) is 12.3 Å². The summed E-state index contributed by atoms with van der Waals surface area (Å²) in [6.07, 6.45) is 1.19. The number of carbonyl (C=O) groups excluding carboxylic acids is 1. The molecule has 1 unspecified atom stereocenters. The van der Waals surface area contributed by atoms with Gasteiger partial charge in [0.1, 0.15) is 6.29 Å². The average molecular weight is 206 g/mol. The fourth-order valence-corrected chi connectivity index (χ4v) is 3.87. The van der Waals surface area contributed by atoms with Gasteiger partial charge in [-0.15, -0.1) is 0 Å². The number of hydrogen-bond acceptors (Lipinski definition) is 4. The van der Waals surface area contributed by atoms with Crippen LogP contribution in [0.3, 0.4) is 0 Å². The van der Waals surface area contributed by atoms with Crippen LogP contribution < -0.4 is 0 Å². The van der Waals surface area contributed by atoms with Gasteiger partial charge >= 0.3 is 0 Å². The largest absolute Gasteiger partial charge is 0.396 e. The highest BCUT2D eigenvalue weighted by Crippen LogP contribution is 2.36. The third kappa shape index (κ3) is 2.28. The minimum Gasteiger partial charge on any atom is -0.396 e. The molecule has 0 spiro atoms. The van der Waals surface area contributed by atoms with Crippen molar-refractivity contribution in [3.63, 3.8) is 0 Å². The molecule has 1 heterocycles. The molecular weight excluding hydrogens is 192 g/mol. The third-order valence-corrected chi connectivity index (χ3v) is 4.36. The maximum Gasteiger partial charge on any atom is 0.152 e. The summed E-state index contributed by atoms with van der Waals surface area (Å²) in [7, 11) is -2.97. The standard InChI is InChI=1S/C8H14O4S/c1-7(3-9)2-8(4-10)5-13(11,12)6-8/h4,7,9H,2-3,5-6H2,1H3. The molecule has 4 nitrogen and oxygen atoms in total. The van der Waals surface area contributed by atoms with Crippen LogP contribution in [0.15, 0.2) is 0 Å². The Bertz CT molecular complexity index is 281. The van der Waals surface area contributed by atoms with Gasteiger partial charge in [-0.3, -0.25) is 0 Å². The highest BCUT2D eigenvalue weighted by atomic mass is 32.2. The predicted molar refractivity (Wildman–Crippen MR) is 48.0 cm³/mol. The van der Waals surface area contributed by atoms with Gasteiger partial charge in [0.2, 0.25) is 0 Å². The molecule has 1 fully saturated rings. The lowest BCUT2D eigenvalue weighted by Gasteiger charge is -2.37. The van der Waals surface area contributed by atoms with Crippen LogP contribution in [0, 0.1) is 11.3 Å². The molecule has 1 saturated heterocycles. The first-order chi connectivity index (χ1) is 5.93. The highest BCUT2D eigenvalue weighted by molar-refractivity contribution is 7.93. The number of sulfone groups is 1. The van der Waals surface area contributed by atoms with E-state index in [1.165, 1.54) is 0 Å². The van der Waals surface area contributed by atoms with Crippen LogP contribution in [0.25, 0.3) is 0 Å². The minimum absolute atomic E-state index is 0.00433. The minimum atomic E-state index is -2.97. The number of hydrogen-bond donors (Lipinski definition) is 1. The Morgan fingerprint density at radius 3 is 2.38 bits per heavy atom. The van der Waals surface area contributed by atoms with Crippen molar-refractivity contribution in [2.75, 3.05) is 18.1 Å². The maximum atomic E-state index is 10.9. The van der Waals surface area contributed by atoms with Crippen LogP contribution in [0.5, 0.6) is 0 Å². The summed E-state index contributed by atoms with van der Waals surface area (Å²) in [5.41, 5.74) is -0.707. The van der Waals surface area contributed by atoms with Crippen LogP contribution in [0.2, 0.25) is 0 Å². The van der Waals surface area contributed by atoms with E-state index >= 15 is 0 Å². The molecule has 1 atom stereocenters. The van der Waals surface area contributed by atoms with E-state index in [9.17, 15) is 13.2 Å². The molecule has 5 heteroatoms. The fourth-order valence-electron chi connectivity index (χ4n) is 1.83. The van der Waals surface area contributed by atoms with E-state index in [1.807, 2.05) is 0 Å². The van der Waals surface area contributed by atoms with Crippen LogP contribution in [0.1, 0.15) is 13.3 Å². The zero-order valence-electron chi connectivity index (χ0n) is 7.56. The Morgan fingerprint density at radius 2 is 2.08 bits per heavy atom. The van der Waals surface area contributed by atoms with Crippen molar-refractivity contribution in [3.05, 3.63) is 0 Å². The van der Waals surface area contributed by atoms with Crippen molar-refractivity contribution in [2.24, 2.45) is 11.3 Å². The van der Waals surface area contributed by atoms with Gasteiger partial charge in [-0.1, -0.05) is 6.92 Å². The maximum absolute atomic E-state index is 10.9. The lowest BCUT2D eigenvalue weighted by atomic mass is 9.84. The molecule has 0 aromatic rings. The van der Waals surface area contributed by atoms with Gasteiger partial charge in [-0.25, -0.2) is 8.42 Å². The van der Waals surface area contributed by atoms with Crippen molar-refractivity contribution < 1.29 is 18.3 Å². The van der Waals surface area contributed by atoms with E-state index < -0.39 is 15.3 Å². The third-order valence-electron chi connectivity index (χ3n) is 2.33. The number of aldehydes is 1. The summed E-state index contributed by atoms with van der Waals surface area (Å²) in [6, 6.07) is 0. The summed E-state index contributed by atoms with van der Waals surface area (Å²) in [6.45, 7) is 1.80. The summed E-state index contributed by atoms with van der Waals surface area (Å²) in [5.74, 6) is -0.109. The van der Waals surface area contributed by atoms with E-state index in [1.54, 1.807) is 6.92 Å². The summed E-state index contributed by atoms with van der Waals surface area (Å²) in [5, 5.41) is 8.78. The zero-order valence-corrected chi connectivity index (χ0v) is 8.38. The van der Waals surface area contributed by atoms with Gasteiger partial charge in [0.05, 0.1) is 16.9 Å². The quantitative estimate of drug-likeness (QED) is 0.636. The first-order valence-corrected chi connectivity index (χ1v) is 6.03. The Kier molecular flexibility index (Phi) is 2.77. The highest BCUT2D eigenvalue weighted by Gasteiger charge is 2.48. The Labute approximate surface area is 77.9 Å². The monoisotopic (exact) mass is 206 g/mol. The van der Waals surface area contributed by atoms with Crippen molar-refractivity contribution in [3.8, 4) is 0 Å². The van der Waals surface area contributed by atoms with Crippen LogP contribution in [-0.2, 0) is 14.6 Å². The molecule has 1 N–H and O–H groups in total. The number of aliphatic hydroxyl groups is 1. The fraction of sp³-hybridized carbons (Fsp3) is 0.875. The van der Waals surface area contributed by atoms with Gasteiger partial charge in [0.15, 0.2) is 9.84 Å². The Morgan fingerprint density at radius 1 is 1.54 bits per heavy atom. The van der Waals surface area contributed by atoms with Crippen LogP contribution in [0.4, 0.5) is 0 Å². The van der Waals surface area contributed by atoms with Crippen molar-refractivity contribution >= 4 is 16.1 Å². The number of carbonyl (C=O) groups is 1. The molecule has 1 aliphatic heterocycles. The zero-order chi connectivity index (χ0) is 10.1. The summed E-state index contributed by atoms with van der Waals surface area (Å²) in [4.78, 5) is 10.7. The molecule has 0 aliphatic carbocycles. The number of aliphatic hydroxyl groups excluding tert-OH is 1. The predicted octanol–water partition coefficient (Wildman–Crippen LogP) is -0.381. The van der Waals surface area contributed by atoms with Gasteiger partial charge in [0.25, 0.3) is 0 Å². The first-order valence-electron chi connectivity index (χ1n) is 4.21. The van der Waals surface area contributed by atoms with Crippen LogP contribution >= 0.6 is 0 Å². The van der Waals surface area contributed by atoms with E-state index in [0.717, 1.165) is 6.29 Å². The lowest BCUT2D eigenvalue weighted by molar-refractivity contribution is -0.115. The van der Waals surface area contributed by atoms with E-state index in [2.05, 4.69) is 0 Å². The molecule has 0 aromatic carbocycles. The topological polar surface area (TPSA) is 71.4 Å². The molecule has 0 amide bonds. The van der Waals surface area contributed by atoms with Gasteiger partial charge in [0, 0.05) is 6.61 Å². The second-order valence-electron chi connectivity index (χ2n) is 4.00. The SMILES string of the molecule is CC(CO)CC1(C=O)CS(=O)(=O)C1. The van der Waals surface area contributed by atoms with Crippen molar-refractivity contribution in [2.45, 2.75) is 13.3 Å². The van der Waals surface area contributed by atoms with E-state index in [-0.39, 0.29) is 24.0 Å². The summed E-state index contributed by atoms with van der Waals surface area (Å²) >= 11 is 0. The average Bonchev–Trinajstić information content (AvgIpc) is 2.00. The van der Waals surface area contributed by atoms with Gasteiger partial charge < -0.3 is 9.90 Å². The van der Waals surface area contributed by atoms with Gasteiger partial charge in [-0.2, -0.15) is 0 Å². The molecule has 1 aliphatic rings. The normalized spacial score (nSPS) is 26.0. The molecule has 0 bridgehead atoms. The molecule has 0 saturated carbocycles. The second kappa shape index (κ2) is 3.38. The molecule has 13 heavy (non-hydrogen) atoms. The second-order valence-corrected chi connectivity index (χ2v) is 6.07. The Balaban J connectivity index is 2.60. The van der Waals surface area contributed by atoms with Crippen molar-refractivity contribution in [1.29, 1.82) is 0 Å². The first kappa shape index (κ1) is 10.7. The lowest BCUT2D eigenvalue weighted by Crippen LogP contribution is -2.50. The van der Waals surface area contributed by atoms with E-state index in [4.69, 9.17) is 5.11 Å².